The van der Waals surface area contributed by atoms with Gasteiger partial charge >= 0.3 is 0 Å². The van der Waals surface area contributed by atoms with E-state index >= 15 is 0 Å². The summed E-state index contributed by atoms with van der Waals surface area (Å²) in [6.45, 7) is 0. The van der Waals surface area contributed by atoms with Gasteiger partial charge in [-0.25, -0.2) is 0 Å². The Kier molecular flexibility index (Phi) is 3.69. The highest BCUT2D eigenvalue weighted by Crippen LogP contribution is 2.25. The zero-order valence-corrected chi connectivity index (χ0v) is 10.7. The molecule has 1 aromatic heterocycles. The van der Waals surface area contributed by atoms with E-state index in [-0.39, 0.29) is 11.6 Å². The molecule has 1 amide bonds. The number of aromatic nitrogens is 1. The van der Waals surface area contributed by atoms with Crippen molar-refractivity contribution in [2.75, 3.05) is 11.1 Å². The second kappa shape index (κ2) is 5.25. The number of nitrogens with two attached hydrogens (primary N) is 1. The van der Waals surface area contributed by atoms with E-state index < -0.39 is 0 Å². The van der Waals surface area contributed by atoms with Gasteiger partial charge in [-0.15, -0.1) is 0 Å². The van der Waals surface area contributed by atoms with Crippen molar-refractivity contribution in [2.24, 2.45) is 0 Å². The first-order valence-corrected chi connectivity index (χ1v) is 5.80. The Labute approximate surface area is 114 Å². The van der Waals surface area contributed by atoms with Crippen LogP contribution in [0, 0.1) is 0 Å². The van der Waals surface area contributed by atoms with Gasteiger partial charge in [0, 0.05) is 16.9 Å². The van der Waals surface area contributed by atoms with Gasteiger partial charge in [0.2, 0.25) is 0 Å². The Morgan fingerprint density at radius 1 is 1.22 bits per heavy atom. The van der Waals surface area contributed by atoms with Gasteiger partial charge in [-0.3, -0.25) is 9.78 Å². The van der Waals surface area contributed by atoms with Gasteiger partial charge in [0.15, 0.2) is 0 Å². The van der Waals surface area contributed by atoms with Gasteiger partial charge in [0.05, 0.1) is 10.7 Å². The summed E-state index contributed by atoms with van der Waals surface area (Å²) in [4.78, 5) is 15.8. The fraction of sp³-hybridized carbons (Fsp3) is 0. The van der Waals surface area contributed by atoms with Crippen molar-refractivity contribution in [1.29, 1.82) is 0 Å². The Bertz CT molecular complexity index is 602. The van der Waals surface area contributed by atoms with Gasteiger partial charge in [-0.1, -0.05) is 23.2 Å². The molecule has 18 heavy (non-hydrogen) atoms. The van der Waals surface area contributed by atoms with E-state index in [0.29, 0.717) is 21.4 Å². The summed E-state index contributed by atoms with van der Waals surface area (Å²) in [7, 11) is 0. The molecule has 0 aliphatic heterocycles. The maximum absolute atomic E-state index is 11.9. The van der Waals surface area contributed by atoms with Crippen LogP contribution in [0.3, 0.4) is 0 Å². The number of hydrogen-bond donors (Lipinski definition) is 2. The molecule has 0 bridgehead atoms. The molecule has 3 N–H and O–H groups in total. The van der Waals surface area contributed by atoms with Crippen LogP contribution in [0.1, 0.15) is 10.5 Å². The molecule has 0 aliphatic carbocycles. The number of hydrogen-bond acceptors (Lipinski definition) is 3. The largest absolute Gasteiger partial charge is 0.399 e. The number of nitrogens with zero attached hydrogens (tertiary/aromatic N) is 1. The van der Waals surface area contributed by atoms with Crippen molar-refractivity contribution in [2.45, 2.75) is 0 Å². The van der Waals surface area contributed by atoms with E-state index in [9.17, 15) is 4.79 Å². The molecular formula is C12H9Cl2N3O. The van der Waals surface area contributed by atoms with Crippen LogP contribution in [-0.2, 0) is 0 Å². The van der Waals surface area contributed by atoms with Crippen LogP contribution in [0.4, 0.5) is 11.4 Å². The summed E-state index contributed by atoms with van der Waals surface area (Å²) in [5, 5.41) is 3.49. The van der Waals surface area contributed by atoms with Crippen molar-refractivity contribution >= 4 is 40.5 Å². The predicted octanol–water partition coefficient (Wildman–Crippen LogP) is 3.22. The van der Waals surface area contributed by atoms with Crippen molar-refractivity contribution < 1.29 is 4.79 Å². The van der Waals surface area contributed by atoms with Crippen LogP contribution >= 0.6 is 23.2 Å². The minimum absolute atomic E-state index is 0.223. The Morgan fingerprint density at radius 3 is 2.67 bits per heavy atom. The highest BCUT2D eigenvalue weighted by Gasteiger charge is 2.10. The summed E-state index contributed by atoms with van der Waals surface area (Å²) < 4.78 is 0. The van der Waals surface area contributed by atoms with Crippen LogP contribution in [-0.4, -0.2) is 10.9 Å². The lowest BCUT2D eigenvalue weighted by Gasteiger charge is -2.07. The summed E-state index contributed by atoms with van der Waals surface area (Å²) in [6, 6.07) is 7.89. The summed E-state index contributed by atoms with van der Waals surface area (Å²) in [5.41, 5.74) is 6.74. The zero-order valence-electron chi connectivity index (χ0n) is 9.15. The number of nitrogen functional groups attached to an aromatic ring is 1. The van der Waals surface area contributed by atoms with E-state index in [4.69, 9.17) is 28.9 Å². The predicted molar refractivity (Wildman–Crippen MR) is 73.1 cm³/mol. The van der Waals surface area contributed by atoms with Crippen LogP contribution < -0.4 is 11.1 Å². The molecule has 0 spiro atoms. The van der Waals surface area contributed by atoms with E-state index in [0.717, 1.165) is 0 Å². The molecule has 1 heterocycles. The van der Waals surface area contributed by atoms with Crippen molar-refractivity contribution in [3.8, 4) is 0 Å². The summed E-state index contributed by atoms with van der Waals surface area (Å²) in [6.07, 6.45) is 1.47. The lowest BCUT2D eigenvalue weighted by atomic mass is 10.2. The second-order valence-corrected chi connectivity index (χ2v) is 4.40. The SMILES string of the molecule is Nc1ccnc(C(=O)Nc2ccc(Cl)cc2Cl)c1. The average Bonchev–Trinajstić information content (AvgIpc) is 2.32. The molecule has 0 radical (unpaired) electrons. The zero-order chi connectivity index (χ0) is 13.1. The van der Waals surface area contributed by atoms with Gasteiger partial charge in [-0.2, -0.15) is 0 Å². The molecule has 0 saturated heterocycles. The first kappa shape index (κ1) is 12.7. The highest BCUT2D eigenvalue weighted by atomic mass is 35.5. The number of rotatable bonds is 2. The van der Waals surface area contributed by atoms with Crippen LogP contribution in [0.2, 0.25) is 10.0 Å². The summed E-state index contributed by atoms with van der Waals surface area (Å²) in [5.74, 6) is -0.383. The van der Waals surface area contributed by atoms with Crippen molar-refractivity contribution in [3.05, 3.63) is 52.3 Å². The minimum atomic E-state index is -0.383. The molecule has 92 valence electrons. The topological polar surface area (TPSA) is 68.0 Å². The maximum Gasteiger partial charge on any atom is 0.274 e. The van der Waals surface area contributed by atoms with E-state index in [1.807, 2.05) is 0 Å². The molecule has 4 nitrogen and oxygen atoms in total. The first-order chi connectivity index (χ1) is 8.56. The average molecular weight is 282 g/mol. The lowest BCUT2D eigenvalue weighted by molar-refractivity contribution is 0.102. The molecule has 2 aromatic rings. The molecule has 0 aliphatic rings. The number of nitrogens with one attached hydrogen (secondary N) is 1. The number of carbonyl (C=O) groups is 1. The van der Waals surface area contributed by atoms with E-state index in [1.165, 1.54) is 12.3 Å². The Balaban J connectivity index is 2.21. The number of halogens is 2. The fourth-order valence-electron chi connectivity index (χ4n) is 1.35. The molecule has 0 fully saturated rings. The third-order valence-corrected chi connectivity index (χ3v) is 2.74. The van der Waals surface area contributed by atoms with Crippen LogP contribution in [0.25, 0.3) is 0 Å². The van der Waals surface area contributed by atoms with E-state index in [1.54, 1.807) is 24.3 Å². The molecule has 6 heteroatoms. The van der Waals surface area contributed by atoms with Gasteiger partial charge in [0.1, 0.15) is 5.69 Å². The minimum Gasteiger partial charge on any atom is -0.399 e. The monoisotopic (exact) mass is 281 g/mol. The number of amides is 1. The quantitative estimate of drug-likeness (QED) is 0.888. The number of carbonyl (C=O) groups excluding carboxylic acids is 1. The lowest BCUT2D eigenvalue weighted by Crippen LogP contribution is -2.14. The molecule has 2 rings (SSSR count). The second-order valence-electron chi connectivity index (χ2n) is 3.55. The van der Waals surface area contributed by atoms with Crippen LogP contribution in [0.15, 0.2) is 36.5 Å². The Morgan fingerprint density at radius 2 is 2.00 bits per heavy atom. The number of benzene rings is 1. The van der Waals surface area contributed by atoms with Crippen molar-refractivity contribution in [3.63, 3.8) is 0 Å². The van der Waals surface area contributed by atoms with E-state index in [2.05, 4.69) is 10.3 Å². The van der Waals surface area contributed by atoms with Crippen molar-refractivity contribution in [1.82, 2.24) is 4.98 Å². The number of pyridine rings is 1. The smallest absolute Gasteiger partial charge is 0.274 e. The Hall–Kier alpha value is -1.78. The third-order valence-electron chi connectivity index (χ3n) is 2.20. The molecule has 0 saturated carbocycles. The molecule has 1 aromatic carbocycles. The number of anilines is 2. The molecular weight excluding hydrogens is 273 g/mol. The maximum atomic E-state index is 11.9. The first-order valence-electron chi connectivity index (χ1n) is 5.04. The third kappa shape index (κ3) is 2.91. The highest BCUT2D eigenvalue weighted by molar-refractivity contribution is 6.36. The fourth-order valence-corrected chi connectivity index (χ4v) is 1.80. The standard InChI is InChI=1S/C12H9Cl2N3O/c13-7-1-2-10(9(14)5-7)17-12(18)11-6-8(15)3-4-16-11/h1-6H,(H2,15,16)(H,17,18). The molecule has 0 atom stereocenters. The van der Waals surface area contributed by atoms with Gasteiger partial charge < -0.3 is 11.1 Å². The van der Waals surface area contributed by atoms with Gasteiger partial charge in [-0.05, 0) is 30.3 Å². The summed E-state index contributed by atoms with van der Waals surface area (Å²) >= 11 is 11.7. The van der Waals surface area contributed by atoms with Crippen LogP contribution in [0.5, 0.6) is 0 Å². The van der Waals surface area contributed by atoms with Gasteiger partial charge in [0.25, 0.3) is 5.91 Å². The molecule has 0 unspecified atom stereocenters. The normalized spacial score (nSPS) is 10.1.